The van der Waals surface area contributed by atoms with Crippen LogP contribution >= 0.6 is 11.3 Å². The summed E-state index contributed by atoms with van der Waals surface area (Å²) >= 11 is 1.60. The zero-order chi connectivity index (χ0) is 17.1. The largest absolute Gasteiger partial charge is 0.342 e. The number of likely N-dealkylation sites (tertiary alicyclic amines) is 1. The molecule has 2 aromatic rings. The molecule has 24 heavy (non-hydrogen) atoms. The van der Waals surface area contributed by atoms with E-state index in [9.17, 15) is 4.79 Å². The minimum atomic E-state index is 0.146. The van der Waals surface area contributed by atoms with Crippen molar-refractivity contribution in [3.63, 3.8) is 0 Å². The van der Waals surface area contributed by atoms with Crippen LogP contribution in [0.1, 0.15) is 31.0 Å². The molecule has 1 aromatic carbocycles. The van der Waals surface area contributed by atoms with Crippen molar-refractivity contribution in [2.24, 2.45) is 11.7 Å². The van der Waals surface area contributed by atoms with Gasteiger partial charge in [-0.15, -0.1) is 11.3 Å². The topological polar surface area (TPSA) is 59.2 Å². The van der Waals surface area contributed by atoms with Crippen LogP contribution in [0.5, 0.6) is 0 Å². The van der Waals surface area contributed by atoms with Gasteiger partial charge in [0.15, 0.2) is 0 Å². The minimum absolute atomic E-state index is 0.146. The standard InChI is InChI=1S/C19H25N3OS/c1-13-5-7-15(8-6-13)19-21-17(12-24-19)10-18(23)22-9-3-4-16(11-22)14(2)20/h5-8,12,14,16H,3-4,9-11,20H2,1-2H3. The van der Waals surface area contributed by atoms with Crippen LogP contribution in [0, 0.1) is 12.8 Å². The average molecular weight is 343 g/mol. The van der Waals surface area contributed by atoms with Crippen molar-refractivity contribution >= 4 is 17.2 Å². The lowest BCUT2D eigenvalue weighted by atomic mass is 9.92. The summed E-state index contributed by atoms with van der Waals surface area (Å²) in [6.07, 6.45) is 2.55. The fourth-order valence-corrected chi connectivity index (χ4v) is 3.98. The van der Waals surface area contributed by atoms with Crippen LogP contribution < -0.4 is 5.73 Å². The molecule has 1 amide bonds. The number of aromatic nitrogens is 1. The lowest BCUT2D eigenvalue weighted by molar-refractivity contribution is -0.132. The lowest BCUT2D eigenvalue weighted by Crippen LogP contribution is -2.45. The number of nitrogens with two attached hydrogens (primary N) is 1. The Labute approximate surface area is 147 Å². The molecule has 128 valence electrons. The van der Waals surface area contributed by atoms with Crippen molar-refractivity contribution in [3.8, 4) is 10.6 Å². The molecule has 1 aliphatic heterocycles. The minimum Gasteiger partial charge on any atom is -0.342 e. The van der Waals surface area contributed by atoms with E-state index >= 15 is 0 Å². The number of nitrogens with zero attached hydrogens (tertiary/aromatic N) is 2. The first-order chi connectivity index (χ1) is 11.5. The molecule has 3 rings (SSSR count). The van der Waals surface area contributed by atoms with Gasteiger partial charge in [-0.05, 0) is 32.6 Å². The van der Waals surface area contributed by atoms with Gasteiger partial charge in [-0.2, -0.15) is 0 Å². The smallest absolute Gasteiger partial charge is 0.228 e. The van der Waals surface area contributed by atoms with Crippen molar-refractivity contribution < 1.29 is 4.79 Å². The number of amides is 1. The molecule has 0 saturated carbocycles. The SMILES string of the molecule is Cc1ccc(-c2nc(CC(=O)N3CCCC(C(C)N)C3)cs2)cc1. The highest BCUT2D eigenvalue weighted by atomic mass is 32.1. The summed E-state index contributed by atoms with van der Waals surface area (Å²) in [7, 11) is 0. The molecule has 0 aliphatic carbocycles. The van der Waals surface area contributed by atoms with Crippen molar-refractivity contribution in [1.29, 1.82) is 0 Å². The second kappa shape index (κ2) is 7.45. The number of rotatable bonds is 4. The van der Waals surface area contributed by atoms with Crippen molar-refractivity contribution in [3.05, 3.63) is 40.9 Å². The quantitative estimate of drug-likeness (QED) is 0.927. The second-order valence-corrected chi connectivity index (χ2v) is 7.65. The summed E-state index contributed by atoms with van der Waals surface area (Å²) in [6, 6.07) is 8.48. The maximum atomic E-state index is 12.6. The fraction of sp³-hybridized carbons (Fsp3) is 0.474. The molecule has 0 radical (unpaired) electrons. The molecule has 4 nitrogen and oxygen atoms in total. The molecule has 2 heterocycles. The number of benzene rings is 1. The summed E-state index contributed by atoms with van der Waals surface area (Å²) in [5.74, 6) is 0.586. The van der Waals surface area contributed by atoms with E-state index in [4.69, 9.17) is 5.73 Å². The van der Waals surface area contributed by atoms with Crippen LogP contribution in [0.25, 0.3) is 10.6 Å². The number of thiazole rings is 1. The highest BCUT2D eigenvalue weighted by molar-refractivity contribution is 7.13. The van der Waals surface area contributed by atoms with Gasteiger partial charge in [0.2, 0.25) is 5.91 Å². The molecule has 2 atom stereocenters. The highest BCUT2D eigenvalue weighted by Gasteiger charge is 2.26. The number of carbonyl (C=O) groups is 1. The van der Waals surface area contributed by atoms with E-state index in [2.05, 4.69) is 36.2 Å². The summed E-state index contributed by atoms with van der Waals surface area (Å²) in [5, 5.41) is 2.98. The van der Waals surface area contributed by atoms with Crippen molar-refractivity contribution in [1.82, 2.24) is 9.88 Å². The molecule has 2 unspecified atom stereocenters. The molecule has 2 N–H and O–H groups in total. The number of hydrogen-bond donors (Lipinski definition) is 1. The zero-order valence-electron chi connectivity index (χ0n) is 14.4. The number of carbonyl (C=O) groups excluding carboxylic acids is 1. The summed E-state index contributed by atoms with van der Waals surface area (Å²) < 4.78 is 0. The Hall–Kier alpha value is -1.72. The predicted octanol–water partition coefficient (Wildman–Crippen LogP) is 3.25. The maximum Gasteiger partial charge on any atom is 0.228 e. The molecule has 5 heteroatoms. The number of piperidine rings is 1. The Morgan fingerprint density at radius 2 is 2.17 bits per heavy atom. The lowest BCUT2D eigenvalue weighted by Gasteiger charge is -2.34. The van der Waals surface area contributed by atoms with E-state index in [-0.39, 0.29) is 11.9 Å². The van der Waals surface area contributed by atoms with E-state index in [1.807, 2.05) is 17.2 Å². The number of hydrogen-bond acceptors (Lipinski definition) is 4. The molecular formula is C19H25N3OS. The van der Waals surface area contributed by atoms with E-state index in [0.29, 0.717) is 12.3 Å². The first-order valence-corrected chi connectivity index (χ1v) is 9.45. The van der Waals surface area contributed by atoms with Crippen LogP contribution in [-0.2, 0) is 11.2 Å². The third kappa shape index (κ3) is 4.02. The van der Waals surface area contributed by atoms with Gasteiger partial charge in [0.1, 0.15) is 5.01 Å². The van der Waals surface area contributed by atoms with Gasteiger partial charge in [-0.1, -0.05) is 29.8 Å². The highest BCUT2D eigenvalue weighted by Crippen LogP contribution is 2.25. The Balaban J connectivity index is 1.64. The molecule has 1 aromatic heterocycles. The fourth-order valence-electron chi connectivity index (χ4n) is 3.15. The van der Waals surface area contributed by atoms with Gasteiger partial charge >= 0.3 is 0 Å². The van der Waals surface area contributed by atoms with E-state index < -0.39 is 0 Å². The van der Waals surface area contributed by atoms with E-state index in [0.717, 1.165) is 42.2 Å². The van der Waals surface area contributed by atoms with Crippen LogP contribution in [-0.4, -0.2) is 34.9 Å². The Morgan fingerprint density at radius 3 is 2.88 bits per heavy atom. The molecule has 1 saturated heterocycles. The summed E-state index contributed by atoms with van der Waals surface area (Å²) in [6.45, 7) is 5.74. The molecule has 0 bridgehead atoms. The Kier molecular flexibility index (Phi) is 5.31. The van der Waals surface area contributed by atoms with Gasteiger partial charge in [0.25, 0.3) is 0 Å². The normalized spacial score (nSPS) is 19.3. The maximum absolute atomic E-state index is 12.6. The zero-order valence-corrected chi connectivity index (χ0v) is 15.2. The van der Waals surface area contributed by atoms with Gasteiger partial charge in [-0.3, -0.25) is 4.79 Å². The average Bonchev–Trinajstić information content (AvgIpc) is 3.04. The molecule has 1 aliphatic rings. The first-order valence-electron chi connectivity index (χ1n) is 8.57. The third-order valence-corrected chi connectivity index (χ3v) is 5.68. The third-order valence-electron chi connectivity index (χ3n) is 4.74. The van der Waals surface area contributed by atoms with Crippen LogP contribution in [0.2, 0.25) is 0 Å². The predicted molar refractivity (Wildman–Crippen MR) is 98.9 cm³/mol. The van der Waals surface area contributed by atoms with Gasteiger partial charge < -0.3 is 10.6 Å². The molecular weight excluding hydrogens is 318 g/mol. The van der Waals surface area contributed by atoms with Crippen LogP contribution in [0.3, 0.4) is 0 Å². The summed E-state index contributed by atoms with van der Waals surface area (Å²) in [4.78, 5) is 19.2. The number of aryl methyl sites for hydroxylation is 1. The summed E-state index contributed by atoms with van der Waals surface area (Å²) in [5.41, 5.74) is 9.22. The Bertz CT molecular complexity index is 693. The van der Waals surface area contributed by atoms with Crippen LogP contribution in [0.4, 0.5) is 0 Å². The van der Waals surface area contributed by atoms with E-state index in [1.165, 1.54) is 5.56 Å². The first kappa shape index (κ1) is 17.1. The van der Waals surface area contributed by atoms with Crippen molar-refractivity contribution in [2.75, 3.05) is 13.1 Å². The van der Waals surface area contributed by atoms with Crippen LogP contribution in [0.15, 0.2) is 29.6 Å². The van der Waals surface area contributed by atoms with Gasteiger partial charge in [-0.25, -0.2) is 4.98 Å². The van der Waals surface area contributed by atoms with Gasteiger partial charge in [0, 0.05) is 30.1 Å². The second-order valence-electron chi connectivity index (χ2n) is 6.79. The Morgan fingerprint density at radius 1 is 1.42 bits per heavy atom. The molecule has 1 fully saturated rings. The van der Waals surface area contributed by atoms with Gasteiger partial charge in [0.05, 0.1) is 12.1 Å². The monoisotopic (exact) mass is 343 g/mol. The molecule has 0 spiro atoms. The van der Waals surface area contributed by atoms with Crippen molar-refractivity contribution in [2.45, 2.75) is 39.2 Å². The van der Waals surface area contributed by atoms with E-state index in [1.54, 1.807) is 11.3 Å².